The van der Waals surface area contributed by atoms with Gasteiger partial charge < -0.3 is 9.47 Å². The van der Waals surface area contributed by atoms with E-state index in [1.165, 1.54) is 4.90 Å². The van der Waals surface area contributed by atoms with E-state index in [2.05, 4.69) is 0 Å². The number of carbonyl (C=O) groups excluding carboxylic acids is 2. The van der Waals surface area contributed by atoms with Gasteiger partial charge in [-0.25, -0.2) is 0 Å². The number of hydrogen-bond donors (Lipinski definition) is 0. The van der Waals surface area contributed by atoms with Crippen LogP contribution in [0.25, 0.3) is 0 Å². The Labute approximate surface area is 76.8 Å². The van der Waals surface area contributed by atoms with Crippen molar-refractivity contribution in [2.24, 2.45) is 0 Å². The van der Waals surface area contributed by atoms with Crippen LogP contribution in [-0.2, 0) is 11.3 Å². The fraction of sp³-hybridized carbons (Fsp3) is 0.333. The third-order valence-electron chi connectivity index (χ3n) is 1.73. The Kier molecular flexibility index (Phi) is 2.84. The molecule has 1 aromatic heterocycles. The molecule has 0 aliphatic carbocycles. The minimum absolute atomic E-state index is 0.00745. The molecule has 1 rings (SSSR count). The average molecular weight is 180 g/mol. The molecule has 0 aliphatic heterocycles. The van der Waals surface area contributed by atoms with Crippen LogP contribution in [0.15, 0.2) is 18.5 Å². The first-order valence-electron chi connectivity index (χ1n) is 3.94. The number of nitrogens with zero attached hydrogens (tertiary/aromatic N) is 2. The molecule has 4 nitrogen and oxygen atoms in total. The molecule has 0 aliphatic rings. The highest BCUT2D eigenvalue weighted by molar-refractivity contribution is 5.77. The van der Waals surface area contributed by atoms with E-state index in [-0.39, 0.29) is 12.5 Å². The molecule has 0 N–H and O–H groups in total. The van der Waals surface area contributed by atoms with Crippen molar-refractivity contribution in [1.29, 1.82) is 0 Å². The fourth-order valence-electron chi connectivity index (χ4n) is 0.925. The average Bonchev–Trinajstić information content (AvgIpc) is 2.52. The van der Waals surface area contributed by atoms with Gasteiger partial charge in [0, 0.05) is 32.1 Å². The SMILES string of the molecule is CN(C)C(=O)Cn1ccc(C=O)c1. The van der Waals surface area contributed by atoms with Gasteiger partial charge in [-0.05, 0) is 6.07 Å². The van der Waals surface area contributed by atoms with Crippen molar-refractivity contribution in [2.45, 2.75) is 6.54 Å². The maximum atomic E-state index is 11.2. The molecule has 70 valence electrons. The van der Waals surface area contributed by atoms with E-state index in [9.17, 15) is 9.59 Å². The number of likely N-dealkylation sites (N-methyl/N-ethyl adjacent to an activating group) is 1. The lowest BCUT2D eigenvalue weighted by Crippen LogP contribution is -2.25. The van der Waals surface area contributed by atoms with Crippen molar-refractivity contribution in [3.63, 3.8) is 0 Å². The minimum Gasteiger partial charge on any atom is -0.347 e. The Morgan fingerprint density at radius 2 is 2.31 bits per heavy atom. The molecule has 0 aromatic carbocycles. The summed E-state index contributed by atoms with van der Waals surface area (Å²) in [5.74, 6) is 0.00745. The normalized spacial score (nSPS) is 9.69. The Morgan fingerprint density at radius 3 is 2.77 bits per heavy atom. The van der Waals surface area contributed by atoms with Crippen LogP contribution < -0.4 is 0 Å². The summed E-state index contributed by atoms with van der Waals surface area (Å²) in [6.45, 7) is 0.279. The van der Waals surface area contributed by atoms with E-state index in [1.807, 2.05) is 0 Å². The molecule has 0 saturated carbocycles. The van der Waals surface area contributed by atoms with E-state index in [0.29, 0.717) is 5.56 Å². The van der Waals surface area contributed by atoms with Crippen LogP contribution in [0.4, 0.5) is 0 Å². The molecule has 0 radical (unpaired) electrons. The first-order valence-corrected chi connectivity index (χ1v) is 3.94. The number of amides is 1. The second kappa shape index (κ2) is 3.89. The highest BCUT2D eigenvalue weighted by Gasteiger charge is 2.04. The number of carbonyl (C=O) groups is 2. The van der Waals surface area contributed by atoms with Gasteiger partial charge in [0.15, 0.2) is 6.29 Å². The fourth-order valence-corrected chi connectivity index (χ4v) is 0.925. The van der Waals surface area contributed by atoms with Gasteiger partial charge in [-0.15, -0.1) is 0 Å². The molecular weight excluding hydrogens is 168 g/mol. The molecule has 0 spiro atoms. The summed E-state index contributed by atoms with van der Waals surface area (Å²) in [5.41, 5.74) is 0.589. The number of hydrogen-bond acceptors (Lipinski definition) is 2. The first kappa shape index (κ1) is 9.51. The second-order valence-electron chi connectivity index (χ2n) is 3.02. The van der Waals surface area contributed by atoms with Crippen LogP contribution in [0.1, 0.15) is 10.4 Å². The minimum atomic E-state index is 0.00745. The molecule has 0 atom stereocenters. The molecule has 0 fully saturated rings. The summed E-state index contributed by atoms with van der Waals surface area (Å²) in [6, 6.07) is 1.68. The zero-order chi connectivity index (χ0) is 9.84. The summed E-state index contributed by atoms with van der Waals surface area (Å²) < 4.78 is 1.69. The van der Waals surface area contributed by atoms with E-state index >= 15 is 0 Å². The quantitative estimate of drug-likeness (QED) is 0.631. The van der Waals surface area contributed by atoms with E-state index in [0.717, 1.165) is 6.29 Å². The first-order chi connectivity index (χ1) is 6.13. The van der Waals surface area contributed by atoms with Gasteiger partial charge in [-0.3, -0.25) is 9.59 Å². The number of rotatable bonds is 3. The third kappa shape index (κ3) is 2.43. The van der Waals surface area contributed by atoms with Crippen LogP contribution in [0, 0.1) is 0 Å². The van der Waals surface area contributed by atoms with E-state index < -0.39 is 0 Å². The molecular formula is C9H12N2O2. The lowest BCUT2D eigenvalue weighted by Gasteiger charge is -2.10. The summed E-state index contributed by atoms with van der Waals surface area (Å²) in [6.07, 6.45) is 4.12. The largest absolute Gasteiger partial charge is 0.347 e. The van der Waals surface area contributed by atoms with Gasteiger partial charge in [-0.2, -0.15) is 0 Å². The van der Waals surface area contributed by atoms with Crippen LogP contribution in [0.5, 0.6) is 0 Å². The molecule has 1 amide bonds. The zero-order valence-electron chi connectivity index (χ0n) is 7.73. The van der Waals surface area contributed by atoms with Crippen molar-refractivity contribution in [3.05, 3.63) is 24.0 Å². The molecule has 1 heterocycles. The van der Waals surface area contributed by atoms with Crippen molar-refractivity contribution in [1.82, 2.24) is 9.47 Å². The van der Waals surface area contributed by atoms with E-state index in [1.54, 1.807) is 37.1 Å². The van der Waals surface area contributed by atoms with Gasteiger partial charge >= 0.3 is 0 Å². The molecule has 0 bridgehead atoms. The molecule has 0 saturated heterocycles. The summed E-state index contributed by atoms with van der Waals surface area (Å²) >= 11 is 0. The lowest BCUT2D eigenvalue weighted by molar-refractivity contribution is -0.129. The van der Waals surface area contributed by atoms with Gasteiger partial charge in [0.05, 0.1) is 0 Å². The van der Waals surface area contributed by atoms with Crippen LogP contribution in [-0.4, -0.2) is 35.8 Å². The standard InChI is InChI=1S/C9H12N2O2/c1-10(2)9(13)6-11-4-3-8(5-11)7-12/h3-5,7H,6H2,1-2H3. The predicted octanol–water partition coefficient (Wildman–Crippen LogP) is 0.389. The highest BCUT2D eigenvalue weighted by atomic mass is 16.2. The second-order valence-corrected chi connectivity index (χ2v) is 3.02. The summed E-state index contributed by atoms with van der Waals surface area (Å²) in [5, 5.41) is 0. The summed E-state index contributed by atoms with van der Waals surface area (Å²) in [4.78, 5) is 23.1. The number of aromatic nitrogens is 1. The molecule has 13 heavy (non-hydrogen) atoms. The Morgan fingerprint density at radius 1 is 1.62 bits per heavy atom. The summed E-state index contributed by atoms with van der Waals surface area (Å²) in [7, 11) is 3.40. The number of aldehydes is 1. The van der Waals surface area contributed by atoms with Gasteiger partial charge in [0.2, 0.25) is 5.91 Å². The maximum Gasteiger partial charge on any atom is 0.241 e. The highest BCUT2D eigenvalue weighted by Crippen LogP contribution is 1.98. The van der Waals surface area contributed by atoms with Crippen LogP contribution >= 0.6 is 0 Å². The molecule has 1 aromatic rings. The van der Waals surface area contributed by atoms with Crippen molar-refractivity contribution in [3.8, 4) is 0 Å². The van der Waals surface area contributed by atoms with Crippen LogP contribution in [0.2, 0.25) is 0 Å². The smallest absolute Gasteiger partial charge is 0.241 e. The van der Waals surface area contributed by atoms with E-state index in [4.69, 9.17) is 0 Å². The lowest BCUT2D eigenvalue weighted by atomic mass is 10.4. The molecule has 0 unspecified atom stereocenters. The van der Waals surface area contributed by atoms with Gasteiger partial charge in [0.1, 0.15) is 6.54 Å². The van der Waals surface area contributed by atoms with Gasteiger partial charge in [-0.1, -0.05) is 0 Å². The monoisotopic (exact) mass is 180 g/mol. The van der Waals surface area contributed by atoms with Crippen molar-refractivity contribution < 1.29 is 9.59 Å². The Bertz CT molecular complexity index is 315. The van der Waals surface area contributed by atoms with Crippen LogP contribution in [0.3, 0.4) is 0 Å². The zero-order valence-corrected chi connectivity index (χ0v) is 7.73. The third-order valence-corrected chi connectivity index (χ3v) is 1.73. The Hall–Kier alpha value is -1.58. The maximum absolute atomic E-state index is 11.2. The molecule has 4 heteroatoms. The Balaban J connectivity index is 2.64. The topological polar surface area (TPSA) is 42.3 Å². The predicted molar refractivity (Wildman–Crippen MR) is 48.5 cm³/mol. The van der Waals surface area contributed by atoms with Crippen molar-refractivity contribution >= 4 is 12.2 Å². The van der Waals surface area contributed by atoms with Crippen molar-refractivity contribution in [2.75, 3.05) is 14.1 Å². The van der Waals surface area contributed by atoms with Gasteiger partial charge in [0.25, 0.3) is 0 Å².